The van der Waals surface area contributed by atoms with Crippen LogP contribution in [-0.4, -0.2) is 15.2 Å². The standard InChI is InChI=1S/2C3H5.Al/c2*1-3-2;/h2*3H,1-2H2;. The molecule has 0 aliphatic heterocycles. The first-order chi connectivity index (χ1) is 3.41. The Kier molecular flexibility index (Phi) is 6.02. The monoisotopic (exact) mass is 109 g/mol. The Morgan fingerprint density at radius 2 is 1.57 bits per heavy atom. The van der Waals surface area contributed by atoms with Gasteiger partial charge in [-0.1, -0.05) is 10.6 Å². The van der Waals surface area contributed by atoms with Gasteiger partial charge in [-0.2, -0.15) is 0 Å². The fourth-order valence-electron chi connectivity index (χ4n) is 0.332. The maximum atomic E-state index is 3.62. The highest BCUT2D eigenvalue weighted by atomic mass is 27.1. The summed E-state index contributed by atoms with van der Waals surface area (Å²) in [5.74, 6) is 0. The molecule has 0 saturated heterocycles. The molecule has 1 radical (unpaired) electrons. The van der Waals surface area contributed by atoms with E-state index in [1.165, 1.54) is 10.6 Å². The molecule has 0 bridgehead atoms. The van der Waals surface area contributed by atoms with Gasteiger partial charge in [0.15, 0.2) is 0 Å². The van der Waals surface area contributed by atoms with Crippen molar-refractivity contribution in [2.24, 2.45) is 0 Å². The van der Waals surface area contributed by atoms with Crippen LogP contribution in [0, 0.1) is 0 Å². The van der Waals surface area contributed by atoms with Crippen molar-refractivity contribution < 1.29 is 0 Å². The molecule has 0 N–H and O–H groups in total. The predicted octanol–water partition coefficient (Wildman–Crippen LogP) is 1.90. The molecule has 0 nitrogen and oxygen atoms in total. The lowest BCUT2D eigenvalue weighted by molar-refractivity contribution is 1.60. The van der Waals surface area contributed by atoms with Crippen LogP contribution >= 0.6 is 0 Å². The van der Waals surface area contributed by atoms with Crippen LogP contribution in [0.15, 0.2) is 25.3 Å². The zero-order valence-corrected chi connectivity index (χ0v) is 5.72. The van der Waals surface area contributed by atoms with E-state index in [0.29, 0.717) is 15.2 Å². The molecule has 0 aromatic rings. The zero-order chi connectivity index (χ0) is 5.54. The van der Waals surface area contributed by atoms with E-state index in [4.69, 9.17) is 0 Å². The van der Waals surface area contributed by atoms with Crippen molar-refractivity contribution in [1.29, 1.82) is 0 Å². The summed E-state index contributed by atoms with van der Waals surface area (Å²) in [6.07, 6.45) is 3.94. The van der Waals surface area contributed by atoms with Gasteiger partial charge in [0.05, 0.1) is 0 Å². The lowest BCUT2D eigenvalue weighted by Crippen LogP contribution is -1.79. The first-order valence-electron chi connectivity index (χ1n) is 2.45. The second-order valence-electron chi connectivity index (χ2n) is 1.34. The van der Waals surface area contributed by atoms with Crippen molar-refractivity contribution in [1.82, 2.24) is 0 Å². The second-order valence-corrected chi connectivity index (χ2v) is 2.86. The van der Waals surface area contributed by atoms with Crippen molar-refractivity contribution in [3.8, 4) is 0 Å². The molecule has 0 rings (SSSR count). The topological polar surface area (TPSA) is 0 Å². The first-order valence-corrected chi connectivity index (χ1v) is 4.08. The van der Waals surface area contributed by atoms with E-state index in [1.807, 2.05) is 12.2 Å². The van der Waals surface area contributed by atoms with Crippen LogP contribution in [0.25, 0.3) is 0 Å². The Balaban J connectivity index is 2.68. The Morgan fingerprint density at radius 3 is 1.86 bits per heavy atom. The van der Waals surface area contributed by atoms with E-state index in [1.54, 1.807) is 0 Å². The molecule has 0 aliphatic rings. The third kappa shape index (κ3) is 6.01. The van der Waals surface area contributed by atoms with Crippen LogP contribution < -0.4 is 0 Å². The number of hydrogen-bond acceptors (Lipinski definition) is 0. The van der Waals surface area contributed by atoms with E-state index in [0.717, 1.165) is 0 Å². The van der Waals surface area contributed by atoms with Gasteiger partial charge in [-0.15, -0.1) is 25.3 Å². The average molecular weight is 109 g/mol. The van der Waals surface area contributed by atoms with Gasteiger partial charge in [-0.25, -0.2) is 0 Å². The smallest absolute Gasteiger partial charge is 0.106 e. The molecule has 0 fully saturated rings. The van der Waals surface area contributed by atoms with Gasteiger partial charge in [0.25, 0.3) is 0 Å². The van der Waals surface area contributed by atoms with E-state index in [-0.39, 0.29) is 0 Å². The zero-order valence-electron chi connectivity index (χ0n) is 4.56. The quantitative estimate of drug-likeness (QED) is 0.294. The Labute approximate surface area is 51.6 Å². The Hall–Kier alpha value is 0.0125. The summed E-state index contributed by atoms with van der Waals surface area (Å²) in [6.45, 7) is 7.24. The average Bonchev–Trinajstić information content (AvgIpc) is 1.69. The molecule has 0 heterocycles. The summed E-state index contributed by atoms with van der Waals surface area (Å²) in [5.41, 5.74) is 0. The molecule has 0 aliphatic carbocycles. The van der Waals surface area contributed by atoms with Gasteiger partial charge in [0.2, 0.25) is 15.2 Å². The number of rotatable bonds is 4. The summed E-state index contributed by atoms with van der Waals surface area (Å²) >= 11 is 0.586. The molecule has 7 heavy (non-hydrogen) atoms. The predicted molar refractivity (Wildman–Crippen MR) is 35.8 cm³/mol. The van der Waals surface area contributed by atoms with E-state index in [2.05, 4.69) is 13.2 Å². The summed E-state index contributed by atoms with van der Waals surface area (Å²) in [6, 6.07) is 0. The molecule has 0 unspecified atom stereocenters. The summed E-state index contributed by atoms with van der Waals surface area (Å²) < 4.78 is 0. The highest BCUT2D eigenvalue weighted by molar-refractivity contribution is 6.36. The highest BCUT2D eigenvalue weighted by Crippen LogP contribution is 1.84. The van der Waals surface area contributed by atoms with Crippen LogP contribution in [0.3, 0.4) is 0 Å². The van der Waals surface area contributed by atoms with Crippen molar-refractivity contribution in [2.75, 3.05) is 0 Å². The fraction of sp³-hybridized carbons (Fsp3) is 0.333. The molecule has 0 aromatic carbocycles. The molecule has 0 atom stereocenters. The van der Waals surface area contributed by atoms with Gasteiger partial charge in [-0.3, -0.25) is 0 Å². The van der Waals surface area contributed by atoms with Gasteiger partial charge in [0, 0.05) is 0 Å². The van der Waals surface area contributed by atoms with Crippen molar-refractivity contribution >= 4 is 15.2 Å². The Morgan fingerprint density at radius 1 is 1.14 bits per heavy atom. The molecular formula is C6H10Al. The van der Waals surface area contributed by atoms with Crippen LogP contribution in [-0.2, 0) is 0 Å². The minimum atomic E-state index is 0.586. The van der Waals surface area contributed by atoms with E-state index in [9.17, 15) is 0 Å². The molecule has 0 spiro atoms. The fourth-order valence-corrected chi connectivity index (χ4v) is 0.996. The highest BCUT2D eigenvalue weighted by Gasteiger charge is 1.79. The summed E-state index contributed by atoms with van der Waals surface area (Å²) in [7, 11) is 0. The Bertz CT molecular complexity index is 49.2. The van der Waals surface area contributed by atoms with Crippen LogP contribution in [0.4, 0.5) is 0 Å². The van der Waals surface area contributed by atoms with Crippen LogP contribution in [0.1, 0.15) is 0 Å². The number of hydrogen-bond donors (Lipinski definition) is 0. The minimum Gasteiger partial charge on any atom is -0.106 e. The van der Waals surface area contributed by atoms with Gasteiger partial charge in [-0.05, 0) is 0 Å². The third-order valence-corrected chi connectivity index (χ3v) is 2.00. The molecule has 37 valence electrons. The van der Waals surface area contributed by atoms with Crippen molar-refractivity contribution in [3.05, 3.63) is 25.3 Å². The van der Waals surface area contributed by atoms with Gasteiger partial charge in [0.1, 0.15) is 0 Å². The minimum absolute atomic E-state index is 0.586. The maximum Gasteiger partial charge on any atom is 0.212 e. The maximum absolute atomic E-state index is 3.62. The molecule has 0 amide bonds. The normalized spacial score (nSPS) is 7.43. The lowest BCUT2D eigenvalue weighted by Gasteiger charge is -1.80. The van der Waals surface area contributed by atoms with Crippen LogP contribution in [0.2, 0.25) is 10.6 Å². The van der Waals surface area contributed by atoms with E-state index < -0.39 is 0 Å². The number of allylic oxidation sites excluding steroid dienone is 2. The SMILES string of the molecule is C=C[CH2][Al][CH2]C=C. The summed E-state index contributed by atoms with van der Waals surface area (Å²) in [5, 5.41) is 2.40. The second kappa shape index (κ2) is 6.01. The molecule has 0 saturated carbocycles. The molecule has 1 heteroatoms. The molecular weight excluding hydrogens is 99.0 g/mol. The van der Waals surface area contributed by atoms with Crippen LogP contribution in [0.5, 0.6) is 0 Å². The van der Waals surface area contributed by atoms with Crippen molar-refractivity contribution in [3.63, 3.8) is 0 Å². The van der Waals surface area contributed by atoms with E-state index >= 15 is 0 Å². The summed E-state index contributed by atoms with van der Waals surface area (Å²) in [4.78, 5) is 0. The third-order valence-electron chi connectivity index (χ3n) is 0.667. The lowest BCUT2D eigenvalue weighted by atomic mass is 10.7. The largest absolute Gasteiger partial charge is 0.212 e. The van der Waals surface area contributed by atoms with Gasteiger partial charge >= 0.3 is 0 Å². The van der Waals surface area contributed by atoms with Crippen molar-refractivity contribution in [2.45, 2.75) is 10.6 Å². The first kappa shape index (κ1) is 7.01. The van der Waals surface area contributed by atoms with Gasteiger partial charge < -0.3 is 0 Å². The molecule has 0 aromatic heterocycles.